The van der Waals surface area contributed by atoms with Gasteiger partial charge in [0, 0.05) is 0 Å². The minimum Gasteiger partial charge on any atom is -0.480 e. The molecule has 0 saturated carbocycles. The molecule has 0 radical (unpaired) electrons. The van der Waals surface area contributed by atoms with Crippen molar-refractivity contribution < 1.29 is 14.7 Å². The Kier molecular flexibility index (Phi) is 5.24. The van der Waals surface area contributed by atoms with Crippen molar-refractivity contribution in [1.82, 2.24) is 20.3 Å². The number of hydrogen-bond donors (Lipinski definition) is 2. The Labute approximate surface area is 133 Å². The zero-order chi connectivity index (χ0) is 16.8. The van der Waals surface area contributed by atoms with Crippen LogP contribution in [-0.2, 0) is 4.79 Å². The summed E-state index contributed by atoms with van der Waals surface area (Å²) in [6.07, 6.45) is 3.84. The van der Waals surface area contributed by atoms with Gasteiger partial charge in [0.05, 0.1) is 11.9 Å². The van der Waals surface area contributed by atoms with Crippen LogP contribution in [0.4, 0.5) is 0 Å². The van der Waals surface area contributed by atoms with Crippen LogP contribution in [0.25, 0.3) is 5.69 Å². The van der Waals surface area contributed by atoms with Gasteiger partial charge in [-0.05, 0) is 31.9 Å². The molecule has 120 valence electrons. The second-order valence-electron chi connectivity index (χ2n) is 5.11. The van der Waals surface area contributed by atoms with Crippen molar-refractivity contribution in [3.8, 4) is 5.69 Å². The van der Waals surface area contributed by atoms with Gasteiger partial charge in [0.1, 0.15) is 6.04 Å². The van der Waals surface area contributed by atoms with Gasteiger partial charge >= 0.3 is 5.97 Å². The van der Waals surface area contributed by atoms with E-state index in [0.29, 0.717) is 6.42 Å². The summed E-state index contributed by atoms with van der Waals surface area (Å²) in [5.41, 5.74) is 1.94. The SMILES string of the molecule is C=CCCC(NC(=O)c1cn(-c2ccc(C)cc2)nn1)C(=O)O. The maximum absolute atomic E-state index is 12.1. The van der Waals surface area contributed by atoms with Crippen molar-refractivity contribution in [2.45, 2.75) is 25.8 Å². The molecule has 0 aliphatic carbocycles. The predicted molar refractivity (Wildman–Crippen MR) is 84.4 cm³/mol. The fourth-order valence-corrected chi connectivity index (χ4v) is 1.97. The van der Waals surface area contributed by atoms with E-state index in [1.165, 1.54) is 10.9 Å². The molecule has 23 heavy (non-hydrogen) atoms. The molecule has 0 spiro atoms. The van der Waals surface area contributed by atoms with Gasteiger partial charge in [-0.2, -0.15) is 0 Å². The third-order valence-corrected chi connectivity index (χ3v) is 3.29. The number of carbonyl (C=O) groups excluding carboxylic acids is 1. The Morgan fingerprint density at radius 2 is 2.09 bits per heavy atom. The summed E-state index contributed by atoms with van der Waals surface area (Å²) in [5, 5.41) is 19.2. The molecule has 2 N–H and O–H groups in total. The number of carboxylic acids is 1. The quantitative estimate of drug-likeness (QED) is 0.759. The third kappa shape index (κ3) is 4.26. The topological polar surface area (TPSA) is 97.1 Å². The number of allylic oxidation sites excluding steroid dienone is 1. The highest BCUT2D eigenvalue weighted by Crippen LogP contribution is 2.09. The number of aryl methyl sites for hydroxylation is 1. The summed E-state index contributed by atoms with van der Waals surface area (Å²) in [6.45, 7) is 5.51. The first-order chi connectivity index (χ1) is 11.0. The largest absolute Gasteiger partial charge is 0.480 e. The van der Waals surface area contributed by atoms with Crippen molar-refractivity contribution >= 4 is 11.9 Å². The van der Waals surface area contributed by atoms with E-state index in [1.54, 1.807) is 6.08 Å². The molecule has 7 nitrogen and oxygen atoms in total. The monoisotopic (exact) mass is 314 g/mol. The standard InChI is InChI=1S/C16H18N4O3/c1-3-4-5-13(16(22)23)17-15(21)14-10-20(19-18-14)12-8-6-11(2)7-9-12/h3,6-10,13H,1,4-5H2,2H3,(H,17,21)(H,22,23). The van der Waals surface area contributed by atoms with Gasteiger partial charge in [-0.3, -0.25) is 4.79 Å². The molecule has 0 aliphatic heterocycles. The third-order valence-electron chi connectivity index (χ3n) is 3.29. The fourth-order valence-electron chi connectivity index (χ4n) is 1.97. The Morgan fingerprint density at radius 1 is 1.39 bits per heavy atom. The fraction of sp³-hybridized carbons (Fsp3) is 0.250. The minimum absolute atomic E-state index is 0.0652. The zero-order valence-corrected chi connectivity index (χ0v) is 12.8. The normalized spacial score (nSPS) is 11.7. The number of benzene rings is 1. The average Bonchev–Trinajstić information content (AvgIpc) is 3.01. The molecule has 1 unspecified atom stereocenters. The highest BCUT2D eigenvalue weighted by atomic mass is 16.4. The van der Waals surface area contributed by atoms with E-state index in [-0.39, 0.29) is 12.1 Å². The molecule has 1 aromatic carbocycles. The Bertz CT molecular complexity index is 706. The van der Waals surface area contributed by atoms with Crippen LogP contribution in [0.15, 0.2) is 43.1 Å². The van der Waals surface area contributed by atoms with Gasteiger partial charge in [0.2, 0.25) is 0 Å². The van der Waals surface area contributed by atoms with Crippen LogP contribution in [0.5, 0.6) is 0 Å². The van der Waals surface area contributed by atoms with Crippen molar-refractivity contribution in [2.75, 3.05) is 0 Å². The molecular formula is C16H18N4O3. The highest BCUT2D eigenvalue weighted by Gasteiger charge is 2.21. The molecule has 1 heterocycles. The number of rotatable bonds is 7. The van der Waals surface area contributed by atoms with E-state index in [4.69, 9.17) is 5.11 Å². The molecule has 2 rings (SSSR count). The summed E-state index contributed by atoms with van der Waals surface area (Å²) in [6, 6.07) is 6.58. The number of aromatic nitrogens is 3. The van der Waals surface area contributed by atoms with E-state index in [1.807, 2.05) is 31.2 Å². The summed E-state index contributed by atoms with van der Waals surface area (Å²) in [7, 11) is 0. The number of nitrogens with zero attached hydrogens (tertiary/aromatic N) is 3. The van der Waals surface area contributed by atoms with Gasteiger partial charge in [0.25, 0.3) is 5.91 Å². The molecule has 7 heteroatoms. The van der Waals surface area contributed by atoms with Gasteiger partial charge in [-0.25, -0.2) is 9.48 Å². The van der Waals surface area contributed by atoms with E-state index in [9.17, 15) is 9.59 Å². The maximum Gasteiger partial charge on any atom is 0.326 e. The molecule has 1 aromatic heterocycles. The average molecular weight is 314 g/mol. The number of nitrogens with one attached hydrogen (secondary N) is 1. The molecule has 0 bridgehead atoms. The van der Waals surface area contributed by atoms with Crippen LogP contribution < -0.4 is 5.32 Å². The van der Waals surface area contributed by atoms with E-state index < -0.39 is 17.9 Å². The molecule has 0 saturated heterocycles. The number of aliphatic carboxylic acids is 1. The number of carbonyl (C=O) groups is 2. The molecule has 0 fully saturated rings. The molecule has 1 amide bonds. The predicted octanol–water partition coefficient (Wildman–Crippen LogP) is 1.72. The van der Waals surface area contributed by atoms with Crippen LogP contribution in [0.1, 0.15) is 28.9 Å². The van der Waals surface area contributed by atoms with E-state index in [2.05, 4.69) is 22.2 Å². The second-order valence-corrected chi connectivity index (χ2v) is 5.11. The van der Waals surface area contributed by atoms with Gasteiger partial charge in [0.15, 0.2) is 5.69 Å². The highest BCUT2D eigenvalue weighted by molar-refractivity contribution is 5.94. The molecule has 0 aliphatic rings. The lowest BCUT2D eigenvalue weighted by Gasteiger charge is -2.12. The van der Waals surface area contributed by atoms with Crippen molar-refractivity contribution in [2.24, 2.45) is 0 Å². The van der Waals surface area contributed by atoms with Crippen molar-refractivity contribution in [1.29, 1.82) is 0 Å². The Balaban J connectivity index is 2.09. The molecular weight excluding hydrogens is 296 g/mol. The van der Waals surface area contributed by atoms with Crippen LogP contribution in [-0.4, -0.2) is 38.0 Å². The maximum atomic E-state index is 12.1. The summed E-state index contributed by atoms with van der Waals surface area (Å²) >= 11 is 0. The summed E-state index contributed by atoms with van der Waals surface area (Å²) in [5.74, 6) is -1.66. The molecule has 1 atom stereocenters. The van der Waals surface area contributed by atoms with Crippen LogP contribution in [0.2, 0.25) is 0 Å². The second kappa shape index (κ2) is 7.35. The van der Waals surface area contributed by atoms with Gasteiger partial charge < -0.3 is 10.4 Å². The van der Waals surface area contributed by atoms with Gasteiger partial charge in [-0.1, -0.05) is 29.0 Å². The summed E-state index contributed by atoms with van der Waals surface area (Å²) < 4.78 is 1.47. The van der Waals surface area contributed by atoms with Crippen LogP contribution >= 0.6 is 0 Å². The first-order valence-corrected chi connectivity index (χ1v) is 7.15. The Hall–Kier alpha value is -2.96. The van der Waals surface area contributed by atoms with Crippen LogP contribution in [0.3, 0.4) is 0 Å². The van der Waals surface area contributed by atoms with E-state index >= 15 is 0 Å². The lowest BCUT2D eigenvalue weighted by atomic mass is 10.1. The van der Waals surface area contributed by atoms with Crippen LogP contribution in [0, 0.1) is 6.92 Å². The number of carboxylic acid groups (broad SMARTS) is 1. The lowest BCUT2D eigenvalue weighted by molar-refractivity contribution is -0.139. The van der Waals surface area contributed by atoms with Gasteiger partial charge in [-0.15, -0.1) is 11.7 Å². The minimum atomic E-state index is -1.09. The molecule has 2 aromatic rings. The smallest absolute Gasteiger partial charge is 0.326 e. The lowest BCUT2D eigenvalue weighted by Crippen LogP contribution is -2.40. The first kappa shape index (κ1) is 16.4. The first-order valence-electron chi connectivity index (χ1n) is 7.15. The van der Waals surface area contributed by atoms with Crippen molar-refractivity contribution in [3.05, 3.63) is 54.4 Å². The Morgan fingerprint density at radius 3 is 2.70 bits per heavy atom. The van der Waals surface area contributed by atoms with Crippen molar-refractivity contribution in [3.63, 3.8) is 0 Å². The van der Waals surface area contributed by atoms with E-state index in [0.717, 1.165) is 11.3 Å². The number of hydrogen-bond acceptors (Lipinski definition) is 4. The number of amides is 1. The zero-order valence-electron chi connectivity index (χ0n) is 12.8. The summed E-state index contributed by atoms with van der Waals surface area (Å²) in [4.78, 5) is 23.2.